The van der Waals surface area contributed by atoms with E-state index in [1.54, 1.807) is 0 Å². The number of hydrogen-bond donors (Lipinski definition) is 0. The first-order valence-electron chi connectivity index (χ1n) is 19.8. The van der Waals surface area contributed by atoms with Gasteiger partial charge in [0, 0.05) is 83.1 Å². The van der Waals surface area contributed by atoms with E-state index in [1.165, 1.54) is 96.7 Å². The quantitative estimate of drug-likeness (QED) is 0.118. The standard InChI is InChI=1S/C48H45N3S3/c1-4-7-22-49-37-19-16-31(40-13-10-25-52-40)28-34(37)43-46(49)44-35-29-32(41-14-11-26-53-41)17-20-38(35)50(23-8-5-2)48(44)45-36-30-33(42-15-12-27-54-42)18-21-39(36)51(47(43)45)24-9-6-3/h10-21,25-30H,4-9,22-24H2,1-3H3. The summed E-state index contributed by atoms with van der Waals surface area (Å²) in [7, 11) is 0. The summed E-state index contributed by atoms with van der Waals surface area (Å²) in [6.45, 7) is 9.98. The van der Waals surface area contributed by atoms with Crippen LogP contribution in [-0.4, -0.2) is 13.7 Å². The molecule has 0 spiro atoms. The van der Waals surface area contributed by atoms with Gasteiger partial charge in [0.1, 0.15) is 0 Å². The van der Waals surface area contributed by atoms with Gasteiger partial charge in [-0.3, -0.25) is 0 Å². The lowest BCUT2D eigenvalue weighted by Gasteiger charge is -2.13. The molecule has 10 aromatic rings. The van der Waals surface area contributed by atoms with Gasteiger partial charge in [0.25, 0.3) is 0 Å². The first-order valence-corrected chi connectivity index (χ1v) is 22.5. The second kappa shape index (κ2) is 13.9. The third-order valence-corrected chi connectivity index (χ3v) is 14.3. The third kappa shape index (κ3) is 5.25. The second-order valence-corrected chi connectivity index (χ2v) is 17.7. The van der Waals surface area contributed by atoms with Crippen molar-refractivity contribution in [1.29, 1.82) is 0 Å². The fourth-order valence-corrected chi connectivity index (χ4v) is 11.2. The molecule has 10 rings (SSSR count). The lowest BCUT2D eigenvalue weighted by atomic mass is 10.00. The molecule has 0 atom stereocenters. The predicted molar refractivity (Wildman–Crippen MR) is 240 cm³/mol. The summed E-state index contributed by atoms with van der Waals surface area (Å²) < 4.78 is 8.15. The van der Waals surface area contributed by atoms with Crippen molar-refractivity contribution < 1.29 is 0 Å². The van der Waals surface area contributed by atoms with Gasteiger partial charge < -0.3 is 13.7 Å². The molecular weight excluding hydrogens is 715 g/mol. The summed E-state index contributed by atoms with van der Waals surface area (Å²) in [5.74, 6) is 0. The molecule has 0 aliphatic heterocycles. The van der Waals surface area contributed by atoms with Crippen LogP contribution in [-0.2, 0) is 19.6 Å². The molecule has 0 saturated carbocycles. The van der Waals surface area contributed by atoms with Crippen LogP contribution in [0.25, 0.3) is 96.7 Å². The van der Waals surface area contributed by atoms with Gasteiger partial charge in [-0.05, 0) is 107 Å². The first kappa shape index (κ1) is 33.9. The van der Waals surface area contributed by atoms with E-state index in [0.29, 0.717) is 0 Å². The highest BCUT2D eigenvalue weighted by Crippen LogP contribution is 2.50. The summed E-state index contributed by atoms with van der Waals surface area (Å²) >= 11 is 5.50. The molecule has 54 heavy (non-hydrogen) atoms. The minimum absolute atomic E-state index is 0.999. The van der Waals surface area contributed by atoms with E-state index in [0.717, 1.165) is 58.2 Å². The Hall–Kier alpha value is -4.62. The smallest absolute Gasteiger partial charge is 0.0614 e. The Morgan fingerprint density at radius 1 is 0.407 bits per heavy atom. The normalized spacial score (nSPS) is 12.3. The average Bonchev–Trinajstić information content (AvgIpc) is 4.07. The van der Waals surface area contributed by atoms with Gasteiger partial charge >= 0.3 is 0 Å². The number of thiophene rings is 3. The minimum Gasteiger partial charge on any atom is -0.340 e. The van der Waals surface area contributed by atoms with Gasteiger partial charge in [0.15, 0.2) is 0 Å². The molecule has 6 heteroatoms. The van der Waals surface area contributed by atoms with Gasteiger partial charge in [-0.25, -0.2) is 0 Å². The Balaban J connectivity index is 1.49. The largest absolute Gasteiger partial charge is 0.340 e. The van der Waals surface area contributed by atoms with Crippen molar-refractivity contribution in [1.82, 2.24) is 13.7 Å². The fraction of sp³-hybridized carbons (Fsp3) is 0.250. The number of nitrogens with zero attached hydrogens (tertiary/aromatic N) is 3. The van der Waals surface area contributed by atoms with Gasteiger partial charge in [-0.2, -0.15) is 0 Å². The van der Waals surface area contributed by atoms with Crippen molar-refractivity contribution in [2.45, 2.75) is 78.9 Å². The minimum atomic E-state index is 0.999. The molecule has 0 saturated heterocycles. The van der Waals surface area contributed by atoms with E-state index in [9.17, 15) is 0 Å². The Kier molecular flexibility index (Phi) is 8.73. The highest BCUT2D eigenvalue weighted by Gasteiger charge is 2.28. The fourth-order valence-electron chi connectivity index (χ4n) is 9.00. The lowest BCUT2D eigenvalue weighted by Crippen LogP contribution is -2.01. The molecule has 270 valence electrons. The van der Waals surface area contributed by atoms with Crippen LogP contribution >= 0.6 is 34.0 Å². The molecule has 4 aromatic carbocycles. The van der Waals surface area contributed by atoms with Crippen LogP contribution in [0.2, 0.25) is 0 Å². The maximum absolute atomic E-state index is 2.72. The average molecular weight is 760 g/mol. The molecule has 6 aromatic heterocycles. The Morgan fingerprint density at radius 2 is 0.722 bits per heavy atom. The highest BCUT2D eigenvalue weighted by molar-refractivity contribution is 7.14. The zero-order chi connectivity index (χ0) is 36.3. The van der Waals surface area contributed by atoms with Crippen LogP contribution in [0.4, 0.5) is 0 Å². The molecule has 0 fully saturated rings. The maximum atomic E-state index is 2.72. The van der Waals surface area contributed by atoms with Crippen molar-refractivity contribution in [2.75, 3.05) is 0 Å². The summed E-state index contributed by atoms with van der Waals surface area (Å²) in [5.41, 5.74) is 12.2. The molecule has 0 aliphatic rings. The Morgan fingerprint density at radius 3 is 0.981 bits per heavy atom. The molecule has 0 bridgehead atoms. The van der Waals surface area contributed by atoms with Crippen molar-refractivity contribution in [2.24, 2.45) is 0 Å². The van der Waals surface area contributed by atoms with E-state index in [2.05, 4.69) is 142 Å². The van der Waals surface area contributed by atoms with Crippen LogP contribution in [0.3, 0.4) is 0 Å². The summed E-state index contributed by atoms with van der Waals surface area (Å²) in [4.78, 5) is 3.98. The molecule has 0 amide bonds. The maximum Gasteiger partial charge on any atom is 0.0614 e. The number of fused-ring (bicyclic) bond motifs is 12. The Labute approximate surface area is 328 Å². The van der Waals surface area contributed by atoms with Gasteiger partial charge in [-0.15, -0.1) is 34.0 Å². The van der Waals surface area contributed by atoms with Crippen molar-refractivity contribution >= 4 is 99.4 Å². The third-order valence-electron chi connectivity index (χ3n) is 11.5. The second-order valence-electron chi connectivity index (χ2n) is 14.8. The first-order chi connectivity index (χ1) is 26.7. The number of unbranched alkanes of at least 4 members (excludes halogenated alkanes) is 3. The van der Waals surface area contributed by atoms with Crippen LogP contribution in [0.5, 0.6) is 0 Å². The van der Waals surface area contributed by atoms with E-state index in [4.69, 9.17) is 0 Å². The number of hydrogen-bond acceptors (Lipinski definition) is 3. The van der Waals surface area contributed by atoms with E-state index in [1.807, 2.05) is 34.0 Å². The molecule has 0 N–H and O–H groups in total. The lowest BCUT2D eigenvalue weighted by molar-refractivity contribution is 0.662. The molecule has 0 aliphatic carbocycles. The van der Waals surface area contributed by atoms with Crippen molar-refractivity contribution in [3.05, 3.63) is 107 Å². The van der Waals surface area contributed by atoms with Crippen LogP contribution in [0.1, 0.15) is 59.3 Å². The molecular formula is C48H45N3S3. The highest BCUT2D eigenvalue weighted by atomic mass is 32.1. The summed E-state index contributed by atoms with van der Waals surface area (Å²) in [6.07, 6.45) is 6.89. The topological polar surface area (TPSA) is 14.8 Å². The van der Waals surface area contributed by atoms with E-state index < -0.39 is 0 Å². The number of rotatable bonds is 12. The van der Waals surface area contributed by atoms with Gasteiger partial charge in [0.2, 0.25) is 0 Å². The molecule has 0 radical (unpaired) electrons. The van der Waals surface area contributed by atoms with Crippen LogP contribution in [0, 0.1) is 0 Å². The predicted octanol–water partition coefficient (Wildman–Crippen LogP) is 15.6. The van der Waals surface area contributed by atoms with E-state index in [-0.39, 0.29) is 0 Å². The van der Waals surface area contributed by atoms with Crippen LogP contribution < -0.4 is 0 Å². The SMILES string of the molecule is CCCCn1c2ccc(-c3cccs3)cc2c2c1c1c3cc(-c4cccs4)ccc3n(CCCC)c1c1c3cc(-c4cccs4)ccc3n(CCCC)c21. The molecule has 3 nitrogen and oxygen atoms in total. The van der Waals surface area contributed by atoms with Crippen molar-refractivity contribution in [3.63, 3.8) is 0 Å². The Bertz CT molecular complexity index is 2580. The summed E-state index contributed by atoms with van der Waals surface area (Å²) in [5, 5.41) is 15.0. The monoisotopic (exact) mass is 759 g/mol. The zero-order valence-corrected chi connectivity index (χ0v) is 33.8. The zero-order valence-electron chi connectivity index (χ0n) is 31.3. The molecule has 6 heterocycles. The van der Waals surface area contributed by atoms with E-state index >= 15 is 0 Å². The van der Waals surface area contributed by atoms with Gasteiger partial charge in [-0.1, -0.05) is 76.4 Å². The number of benzene rings is 4. The van der Waals surface area contributed by atoms with Crippen LogP contribution in [0.15, 0.2) is 107 Å². The molecule has 0 unspecified atom stereocenters. The van der Waals surface area contributed by atoms with Gasteiger partial charge in [0.05, 0.1) is 16.6 Å². The van der Waals surface area contributed by atoms with Crippen molar-refractivity contribution in [3.8, 4) is 31.3 Å². The number of aryl methyl sites for hydroxylation is 3. The summed E-state index contributed by atoms with van der Waals surface area (Å²) in [6, 6.07) is 35.3. The number of aromatic nitrogens is 3.